The number of hydrogen-bond donors (Lipinski definition) is 1. The molecule has 0 fully saturated rings. The Labute approximate surface area is 153 Å². The van der Waals surface area contributed by atoms with E-state index in [-0.39, 0.29) is 18.4 Å². The molecule has 0 aromatic carbocycles. The normalized spacial score (nSPS) is 10.9. The van der Waals surface area contributed by atoms with Gasteiger partial charge in [0.05, 0.1) is 6.61 Å². The predicted molar refractivity (Wildman–Crippen MR) is 93.8 cm³/mol. The molecule has 1 amide bonds. The first kappa shape index (κ1) is 16.6. The van der Waals surface area contributed by atoms with Crippen molar-refractivity contribution in [3.8, 4) is 17.0 Å². The number of rotatable bonds is 6. The number of amides is 1. The summed E-state index contributed by atoms with van der Waals surface area (Å²) >= 11 is 0. The summed E-state index contributed by atoms with van der Waals surface area (Å²) < 4.78 is 8.47. The molecule has 0 aliphatic carbocycles. The van der Waals surface area contributed by atoms with E-state index in [1.807, 2.05) is 31.2 Å². The lowest BCUT2D eigenvalue weighted by Crippen LogP contribution is -2.19. The Morgan fingerprint density at radius 3 is 3.04 bits per heavy atom. The molecule has 4 aromatic rings. The molecule has 0 aliphatic heterocycles. The zero-order valence-corrected chi connectivity index (χ0v) is 14.3. The topological polar surface area (TPSA) is 125 Å². The lowest BCUT2D eigenvalue weighted by Gasteiger charge is -2.08. The van der Waals surface area contributed by atoms with Gasteiger partial charge in [-0.25, -0.2) is 14.2 Å². The number of aromatic nitrogens is 8. The van der Waals surface area contributed by atoms with Gasteiger partial charge in [0.25, 0.3) is 0 Å². The molecule has 1 N–H and O–H groups in total. The van der Waals surface area contributed by atoms with Gasteiger partial charge in [0.15, 0.2) is 5.65 Å². The van der Waals surface area contributed by atoms with Crippen LogP contribution < -0.4 is 10.1 Å². The summed E-state index contributed by atoms with van der Waals surface area (Å²) in [5.41, 5.74) is 2.31. The Kier molecular flexibility index (Phi) is 4.39. The Morgan fingerprint density at radius 2 is 2.22 bits per heavy atom. The summed E-state index contributed by atoms with van der Waals surface area (Å²) in [5, 5.41) is 17.5. The number of tetrazole rings is 1. The van der Waals surface area contributed by atoms with Crippen LogP contribution in [0.4, 0.5) is 5.95 Å². The molecule has 4 aromatic heterocycles. The molecule has 136 valence electrons. The minimum atomic E-state index is -0.329. The number of ether oxygens (including phenoxy) is 1. The highest BCUT2D eigenvalue weighted by atomic mass is 16.5. The average Bonchev–Trinajstić information content (AvgIpc) is 3.30. The standard InChI is InChI=1S/C16H15N9O2/c1-2-27-15-12(4-3-7-17-15)11-5-6-13-19-16(21-25(13)8-11)20-14(26)9-24-10-18-22-23-24/h3-8,10H,2,9H2,1H3,(H,20,21,26). The molecule has 0 saturated carbocycles. The van der Waals surface area contributed by atoms with Crippen molar-refractivity contribution in [1.29, 1.82) is 0 Å². The van der Waals surface area contributed by atoms with Gasteiger partial charge in [0.1, 0.15) is 12.9 Å². The van der Waals surface area contributed by atoms with Crippen LogP contribution in [0.25, 0.3) is 16.8 Å². The third-order valence-corrected chi connectivity index (χ3v) is 3.64. The van der Waals surface area contributed by atoms with Crippen molar-refractivity contribution >= 4 is 17.5 Å². The summed E-state index contributed by atoms with van der Waals surface area (Å²) in [4.78, 5) is 20.6. The number of anilines is 1. The van der Waals surface area contributed by atoms with Crippen molar-refractivity contribution in [2.45, 2.75) is 13.5 Å². The third kappa shape index (κ3) is 3.56. The first-order valence-corrected chi connectivity index (χ1v) is 8.18. The SMILES string of the molecule is CCOc1ncccc1-c1ccc2nc(NC(=O)Cn3cnnn3)nn2c1. The largest absolute Gasteiger partial charge is 0.478 e. The van der Waals surface area contributed by atoms with Gasteiger partial charge in [-0.05, 0) is 41.6 Å². The Morgan fingerprint density at radius 1 is 1.30 bits per heavy atom. The van der Waals surface area contributed by atoms with Gasteiger partial charge in [-0.15, -0.1) is 10.2 Å². The second kappa shape index (κ2) is 7.15. The van der Waals surface area contributed by atoms with Crippen LogP contribution in [-0.2, 0) is 11.3 Å². The summed E-state index contributed by atoms with van der Waals surface area (Å²) in [5.74, 6) is 0.417. The highest BCUT2D eigenvalue weighted by Gasteiger charge is 2.12. The lowest BCUT2D eigenvalue weighted by molar-refractivity contribution is -0.117. The van der Waals surface area contributed by atoms with Crippen molar-refractivity contribution in [3.63, 3.8) is 0 Å². The molecule has 0 unspecified atom stereocenters. The maximum Gasteiger partial charge on any atom is 0.249 e. The Bertz CT molecular complexity index is 1070. The average molecular weight is 365 g/mol. The van der Waals surface area contributed by atoms with Gasteiger partial charge < -0.3 is 4.74 Å². The lowest BCUT2D eigenvalue weighted by atomic mass is 10.1. The molecule has 27 heavy (non-hydrogen) atoms. The van der Waals surface area contributed by atoms with E-state index in [1.54, 1.807) is 16.9 Å². The van der Waals surface area contributed by atoms with E-state index in [1.165, 1.54) is 11.0 Å². The zero-order valence-electron chi connectivity index (χ0n) is 14.3. The second-order valence-corrected chi connectivity index (χ2v) is 5.50. The number of fused-ring (bicyclic) bond motifs is 1. The van der Waals surface area contributed by atoms with E-state index >= 15 is 0 Å². The maximum atomic E-state index is 12.0. The predicted octanol–water partition coefficient (Wildman–Crippen LogP) is 0.815. The van der Waals surface area contributed by atoms with E-state index in [0.29, 0.717) is 18.1 Å². The molecular formula is C16H15N9O2. The fourth-order valence-corrected chi connectivity index (χ4v) is 2.52. The van der Waals surface area contributed by atoms with E-state index < -0.39 is 0 Å². The van der Waals surface area contributed by atoms with E-state index in [9.17, 15) is 4.79 Å². The molecule has 11 heteroatoms. The quantitative estimate of drug-likeness (QED) is 0.532. The molecule has 0 spiro atoms. The van der Waals surface area contributed by atoms with E-state index in [0.717, 1.165) is 11.1 Å². The van der Waals surface area contributed by atoms with Crippen LogP contribution in [0.15, 0.2) is 43.0 Å². The first-order chi connectivity index (χ1) is 13.2. The van der Waals surface area contributed by atoms with Crippen LogP contribution in [0.3, 0.4) is 0 Å². The van der Waals surface area contributed by atoms with E-state index in [2.05, 4.69) is 35.9 Å². The maximum absolute atomic E-state index is 12.0. The van der Waals surface area contributed by atoms with Gasteiger partial charge in [-0.3, -0.25) is 10.1 Å². The number of pyridine rings is 2. The summed E-state index contributed by atoms with van der Waals surface area (Å²) in [6, 6.07) is 7.47. The van der Waals surface area contributed by atoms with Gasteiger partial charge in [-0.1, -0.05) is 0 Å². The van der Waals surface area contributed by atoms with Gasteiger partial charge >= 0.3 is 0 Å². The number of hydrogen-bond acceptors (Lipinski definition) is 8. The van der Waals surface area contributed by atoms with Gasteiger partial charge in [0, 0.05) is 23.5 Å². The molecule has 0 atom stereocenters. The number of carbonyl (C=O) groups is 1. The highest BCUT2D eigenvalue weighted by Crippen LogP contribution is 2.27. The first-order valence-electron chi connectivity index (χ1n) is 8.18. The van der Waals surface area contributed by atoms with Crippen LogP contribution in [0.1, 0.15) is 6.92 Å². The number of nitrogens with one attached hydrogen (secondary N) is 1. The second-order valence-electron chi connectivity index (χ2n) is 5.50. The zero-order chi connectivity index (χ0) is 18.6. The van der Waals surface area contributed by atoms with Crippen molar-refractivity contribution < 1.29 is 9.53 Å². The smallest absolute Gasteiger partial charge is 0.249 e. The van der Waals surface area contributed by atoms with Crippen molar-refractivity contribution in [3.05, 3.63) is 43.0 Å². The molecule has 4 heterocycles. The van der Waals surface area contributed by atoms with Crippen LogP contribution >= 0.6 is 0 Å². The van der Waals surface area contributed by atoms with Crippen molar-refractivity contribution in [2.75, 3.05) is 11.9 Å². The van der Waals surface area contributed by atoms with Gasteiger partial charge in [0.2, 0.25) is 17.7 Å². The molecule has 0 radical (unpaired) electrons. The minimum Gasteiger partial charge on any atom is -0.478 e. The molecular weight excluding hydrogens is 350 g/mol. The van der Waals surface area contributed by atoms with Crippen molar-refractivity contribution in [2.24, 2.45) is 0 Å². The number of nitrogens with zero attached hydrogens (tertiary/aromatic N) is 8. The molecule has 0 bridgehead atoms. The van der Waals surface area contributed by atoms with Crippen LogP contribution in [0.2, 0.25) is 0 Å². The van der Waals surface area contributed by atoms with Crippen LogP contribution in [0, 0.1) is 0 Å². The molecule has 11 nitrogen and oxygen atoms in total. The minimum absolute atomic E-state index is 0.0266. The Balaban J connectivity index is 1.58. The molecule has 0 saturated heterocycles. The summed E-state index contributed by atoms with van der Waals surface area (Å²) in [6.45, 7) is 2.40. The Hall–Kier alpha value is -3.89. The summed E-state index contributed by atoms with van der Waals surface area (Å²) in [7, 11) is 0. The summed E-state index contributed by atoms with van der Waals surface area (Å²) in [6.07, 6.45) is 4.84. The van der Waals surface area contributed by atoms with Crippen molar-refractivity contribution in [1.82, 2.24) is 39.8 Å². The fraction of sp³-hybridized carbons (Fsp3) is 0.188. The monoisotopic (exact) mass is 365 g/mol. The van der Waals surface area contributed by atoms with Crippen LogP contribution in [-0.4, -0.2) is 52.3 Å². The third-order valence-electron chi connectivity index (χ3n) is 3.64. The highest BCUT2D eigenvalue weighted by molar-refractivity contribution is 5.88. The van der Waals surface area contributed by atoms with E-state index in [4.69, 9.17) is 4.74 Å². The molecule has 0 aliphatic rings. The van der Waals surface area contributed by atoms with Gasteiger partial charge in [-0.2, -0.15) is 4.98 Å². The van der Waals surface area contributed by atoms with Crippen LogP contribution in [0.5, 0.6) is 5.88 Å². The molecule has 4 rings (SSSR count). The fourth-order valence-electron chi connectivity index (χ4n) is 2.52. The number of carbonyl (C=O) groups excluding carboxylic acids is 1.